The molecule has 5 aromatic rings. The third-order valence-electron chi connectivity index (χ3n) is 5.00. The molecule has 0 aliphatic heterocycles. The monoisotopic (exact) mass is 624 g/mol. The molecule has 0 saturated heterocycles. The fourth-order valence-corrected chi connectivity index (χ4v) is 3.63. The van der Waals surface area contributed by atoms with Crippen molar-refractivity contribution in [2.24, 2.45) is 0 Å². The molecule has 0 spiro atoms. The van der Waals surface area contributed by atoms with Gasteiger partial charge in [0.25, 0.3) is 0 Å². The molecule has 1 N–H and O–H groups in total. The van der Waals surface area contributed by atoms with Crippen LogP contribution in [0.2, 0.25) is 0 Å². The zero-order valence-electron chi connectivity index (χ0n) is 18.8. The number of benzene rings is 4. The van der Waals surface area contributed by atoms with Gasteiger partial charge in [-0.3, -0.25) is 14.8 Å². The van der Waals surface area contributed by atoms with Crippen molar-refractivity contribution in [3.8, 4) is 22.6 Å². The number of carbonyl (C=O) groups excluding carboxylic acids is 1. The quantitative estimate of drug-likeness (QED) is 0.102. The van der Waals surface area contributed by atoms with Crippen LogP contribution in [0.3, 0.4) is 0 Å². The van der Waals surface area contributed by atoms with Crippen molar-refractivity contribution in [2.75, 3.05) is 0 Å². The van der Waals surface area contributed by atoms with Crippen molar-refractivity contribution in [2.45, 2.75) is 13.8 Å². The van der Waals surface area contributed by atoms with E-state index in [0.717, 1.165) is 33.1 Å². The van der Waals surface area contributed by atoms with E-state index in [1.807, 2.05) is 42.5 Å². The van der Waals surface area contributed by atoms with Crippen molar-refractivity contribution in [1.82, 2.24) is 9.97 Å². The number of hydrogen-bond acceptors (Lipinski definition) is 4. The van der Waals surface area contributed by atoms with Gasteiger partial charge >= 0.3 is 0 Å². The van der Waals surface area contributed by atoms with Crippen molar-refractivity contribution in [1.29, 1.82) is 0 Å². The summed E-state index contributed by atoms with van der Waals surface area (Å²) in [6.45, 7) is 2.85. The maximum Gasteiger partial charge on any atom is 0.155 e. The van der Waals surface area contributed by atoms with Crippen LogP contribution in [0, 0.1) is 6.07 Å². The molecule has 1 heterocycles. The molecule has 4 nitrogen and oxygen atoms in total. The Balaban J connectivity index is 0.000000357. The third kappa shape index (κ3) is 5.82. The van der Waals surface area contributed by atoms with E-state index in [4.69, 9.17) is 15.1 Å². The Morgan fingerprint density at radius 3 is 2.18 bits per heavy atom. The number of carbonyl (C=O) groups is 1. The summed E-state index contributed by atoms with van der Waals surface area (Å²) in [4.78, 5) is 19.8. The van der Waals surface area contributed by atoms with Gasteiger partial charge in [-0.1, -0.05) is 66.7 Å². The molecule has 1 radical (unpaired) electrons. The van der Waals surface area contributed by atoms with Gasteiger partial charge in [0.15, 0.2) is 5.78 Å². The van der Waals surface area contributed by atoms with E-state index in [1.54, 1.807) is 0 Å². The first-order chi connectivity index (χ1) is 16.0. The first kappa shape index (κ1) is 25.0. The molecule has 0 fully saturated rings. The van der Waals surface area contributed by atoms with E-state index in [0.29, 0.717) is 5.82 Å². The molecule has 5 heteroatoms. The van der Waals surface area contributed by atoms with Gasteiger partial charge in [-0.2, -0.15) is 0 Å². The molecule has 171 valence electrons. The second kappa shape index (κ2) is 11.5. The number of hydrogen-bond donors (Lipinski definition) is 1. The van der Waals surface area contributed by atoms with Crippen LogP contribution in [0.5, 0.6) is 0 Å². The summed E-state index contributed by atoms with van der Waals surface area (Å²) in [6.07, 6.45) is 1.17. The Hall–Kier alpha value is -3.66. The molecule has 4 aromatic carbocycles. The minimum atomic E-state index is -0.125. The van der Waals surface area contributed by atoms with Crippen molar-refractivity contribution in [3.05, 3.63) is 109 Å². The molecular weight excluding hydrogens is 601 g/mol. The summed E-state index contributed by atoms with van der Waals surface area (Å²) in [5.74, 6) is 0.640. The number of aromatic nitrogens is 2. The molecule has 5 rings (SSSR count). The minimum absolute atomic E-state index is 0. The molecule has 0 atom stereocenters. The van der Waals surface area contributed by atoms with Crippen LogP contribution >= 0.6 is 0 Å². The van der Waals surface area contributed by atoms with Crippen LogP contribution in [0.1, 0.15) is 13.8 Å². The second-order valence-electron chi connectivity index (χ2n) is 7.62. The average molecular weight is 624 g/mol. The maximum atomic E-state index is 10.0. The summed E-state index contributed by atoms with van der Waals surface area (Å²) in [5.41, 5.74) is 3.92. The normalized spacial score (nSPS) is 10.8. The molecule has 0 bridgehead atoms. The van der Waals surface area contributed by atoms with Gasteiger partial charge in [0.1, 0.15) is 0 Å². The smallest absolute Gasteiger partial charge is 0.155 e. The first-order valence-corrected chi connectivity index (χ1v) is 10.6. The SMILES string of the molecule is CC(=O)C=C(C)O.[Ir].[c-]1ccccc1-c1nc(-c2ccccc2)c2ccc3ccccc3c2n1. The van der Waals surface area contributed by atoms with Crippen LogP contribution in [0.4, 0.5) is 0 Å². The van der Waals surface area contributed by atoms with E-state index in [9.17, 15) is 4.79 Å². The number of nitrogens with zero attached hydrogens (tertiary/aromatic N) is 2. The molecule has 0 unspecified atom stereocenters. The van der Waals surface area contributed by atoms with Gasteiger partial charge in [-0.05, 0) is 24.8 Å². The summed E-state index contributed by atoms with van der Waals surface area (Å²) in [6, 6.07) is 34.0. The van der Waals surface area contributed by atoms with Gasteiger partial charge in [0, 0.05) is 37.0 Å². The Bertz CT molecular complexity index is 1450. The summed E-state index contributed by atoms with van der Waals surface area (Å²) in [7, 11) is 0. The molecule has 0 saturated carbocycles. The molecule has 0 amide bonds. The zero-order chi connectivity index (χ0) is 23.2. The van der Waals surface area contributed by atoms with E-state index >= 15 is 0 Å². The van der Waals surface area contributed by atoms with Crippen LogP contribution in [-0.2, 0) is 24.9 Å². The molecule has 34 heavy (non-hydrogen) atoms. The van der Waals surface area contributed by atoms with Crippen molar-refractivity contribution >= 4 is 27.5 Å². The predicted octanol–water partition coefficient (Wildman–Crippen LogP) is 6.95. The second-order valence-corrected chi connectivity index (χ2v) is 7.62. The summed E-state index contributed by atoms with van der Waals surface area (Å²) >= 11 is 0. The van der Waals surface area contributed by atoms with Crippen molar-refractivity contribution < 1.29 is 30.0 Å². The Labute approximate surface area is 212 Å². The number of aliphatic hydroxyl groups excluding tert-OH is 1. The van der Waals surface area contributed by atoms with Gasteiger partial charge in [-0.15, -0.1) is 35.9 Å². The van der Waals surface area contributed by atoms with Gasteiger partial charge in [0.2, 0.25) is 0 Å². The largest absolute Gasteiger partial charge is 0.512 e. The standard InChI is InChI=1S/C24H15N2.C5H8O2.Ir/c1-3-10-18(11-4-1)22-21-16-15-17-9-7-8-14-20(17)23(21)26-24(25-22)19-12-5-2-6-13-19;1-4(6)3-5(2)7;/h1-12,14-16H;3,6H,1-2H3;/q-1;;. The van der Waals surface area contributed by atoms with E-state index in [-0.39, 0.29) is 31.6 Å². The minimum Gasteiger partial charge on any atom is -0.512 e. The number of ketones is 1. The fourth-order valence-electron chi connectivity index (χ4n) is 3.63. The van der Waals surface area contributed by atoms with Crippen molar-refractivity contribution in [3.63, 3.8) is 0 Å². The molecular formula is C29H23IrN2O2-. The number of fused-ring (bicyclic) bond motifs is 3. The fraction of sp³-hybridized carbons (Fsp3) is 0.0690. The van der Waals surface area contributed by atoms with E-state index < -0.39 is 0 Å². The topological polar surface area (TPSA) is 63.1 Å². The Morgan fingerprint density at radius 1 is 0.824 bits per heavy atom. The molecule has 0 aliphatic rings. The number of aliphatic hydroxyl groups is 1. The Kier molecular flexibility index (Phi) is 8.42. The number of allylic oxidation sites excluding steroid dienone is 2. The van der Waals surface area contributed by atoms with Gasteiger partial charge in [-0.25, -0.2) is 0 Å². The zero-order valence-corrected chi connectivity index (χ0v) is 21.2. The van der Waals surface area contributed by atoms with Crippen LogP contribution in [0.15, 0.2) is 103 Å². The van der Waals surface area contributed by atoms with E-state index in [1.165, 1.54) is 25.3 Å². The Morgan fingerprint density at radius 2 is 1.53 bits per heavy atom. The maximum absolute atomic E-state index is 10.0. The molecule has 0 aliphatic carbocycles. The summed E-state index contributed by atoms with van der Waals surface area (Å²) < 4.78 is 0. The van der Waals surface area contributed by atoms with Gasteiger partial charge in [0.05, 0.1) is 22.8 Å². The predicted molar refractivity (Wildman–Crippen MR) is 134 cm³/mol. The van der Waals surface area contributed by atoms with Crippen LogP contribution in [0.25, 0.3) is 44.3 Å². The number of rotatable bonds is 3. The average Bonchev–Trinajstić information content (AvgIpc) is 2.84. The summed E-state index contributed by atoms with van der Waals surface area (Å²) in [5, 5.41) is 11.7. The van der Waals surface area contributed by atoms with E-state index in [2.05, 4.69) is 54.6 Å². The van der Waals surface area contributed by atoms with Crippen LogP contribution in [-0.4, -0.2) is 20.9 Å². The van der Waals surface area contributed by atoms with Crippen LogP contribution < -0.4 is 0 Å². The molecule has 1 aromatic heterocycles. The van der Waals surface area contributed by atoms with Gasteiger partial charge < -0.3 is 5.11 Å². The third-order valence-corrected chi connectivity index (χ3v) is 5.00. The first-order valence-electron chi connectivity index (χ1n) is 10.6.